The van der Waals surface area contributed by atoms with Crippen molar-refractivity contribution in [2.45, 2.75) is 6.92 Å². The molecule has 18 heavy (non-hydrogen) atoms. The summed E-state index contributed by atoms with van der Waals surface area (Å²) in [4.78, 5) is 11.8. The van der Waals surface area contributed by atoms with Gasteiger partial charge in [-0.05, 0) is 41.6 Å². The van der Waals surface area contributed by atoms with Gasteiger partial charge >= 0.3 is 5.97 Å². The number of halogens is 2. The molecular weight excluding hydrogens is 413 g/mol. The molecule has 0 spiro atoms. The summed E-state index contributed by atoms with van der Waals surface area (Å²) in [7, 11) is 0. The Balaban J connectivity index is 2.52. The second kappa shape index (κ2) is 5.79. The van der Waals surface area contributed by atoms with Gasteiger partial charge in [0.05, 0.1) is 6.61 Å². The van der Waals surface area contributed by atoms with Crippen LogP contribution in [0, 0.1) is 3.57 Å². The Labute approximate surface area is 126 Å². The number of esters is 1. The number of H-pyrrole nitrogens is 1. The van der Waals surface area contributed by atoms with Crippen LogP contribution in [0.4, 0.5) is 0 Å². The van der Waals surface area contributed by atoms with E-state index in [1.807, 2.05) is 18.2 Å². The van der Waals surface area contributed by atoms with Crippen LogP contribution >= 0.6 is 38.5 Å². The fourth-order valence-corrected chi connectivity index (χ4v) is 3.15. The van der Waals surface area contributed by atoms with E-state index < -0.39 is 5.97 Å². The molecule has 0 radical (unpaired) electrons. The first-order chi connectivity index (χ1) is 8.65. The van der Waals surface area contributed by atoms with E-state index in [-0.39, 0.29) is 5.69 Å². The zero-order chi connectivity index (χ0) is 13.1. The minimum Gasteiger partial charge on any atom is -0.461 e. The molecule has 0 aliphatic carbocycles. The molecule has 1 aromatic carbocycles. The molecule has 1 heterocycles. The topological polar surface area (TPSA) is 67.9 Å². The summed E-state index contributed by atoms with van der Waals surface area (Å²) < 4.78 is 6.78. The Kier molecular flexibility index (Phi) is 4.33. The first-order valence-corrected chi connectivity index (χ1v) is 7.04. The van der Waals surface area contributed by atoms with Crippen LogP contribution in [0.2, 0.25) is 0 Å². The van der Waals surface area contributed by atoms with Gasteiger partial charge in [-0.2, -0.15) is 10.3 Å². The van der Waals surface area contributed by atoms with Crippen LogP contribution in [-0.4, -0.2) is 28.0 Å². The van der Waals surface area contributed by atoms with Gasteiger partial charge in [0.15, 0.2) is 5.69 Å². The second-order valence-corrected chi connectivity index (χ2v) is 5.35. The Morgan fingerprint density at radius 1 is 1.50 bits per heavy atom. The van der Waals surface area contributed by atoms with E-state index in [2.05, 4.69) is 53.9 Å². The fraction of sp³-hybridized carbons (Fsp3) is 0.182. The van der Waals surface area contributed by atoms with Crippen LogP contribution in [0.25, 0.3) is 11.3 Å². The molecule has 0 saturated heterocycles. The predicted octanol–water partition coefficient (Wildman–Crippen LogP) is 3.02. The van der Waals surface area contributed by atoms with Crippen LogP contribution in [0.15, 0.2) is 22.7 Å². The smallest absolute Gasteiger partial charge is 0.361 e. The lowest BCUT2D eigenvalue weighted by molar-refractivity contribution is 0.0520. The Bertz CT molecular complexity index is 565. The van der Waals surface area contributed by atoms with Gasteiger partial charge in [-0.15, -0.1) is 5.10 Å². The van der Waals surface area contributed by atoms with Crippen molar-refractivity contribution in [3.63, 3.8) is 0 Å². The molecule has 0 amide bonds. The predicted molar refractivity (Wildman–Crippen MR) is 78.2 cm³/mol. The zero-order valence-electron chi connectivity index (χ0n) is 9.41. The van der Waals surface area contributed by atoms with E-state index in [1.54, 1.807) is 6.92 Å². The molecule has 0 aliphatic rings. The number of nitrogens with zero attached hydrogens (tertiary/aromatic N) is 2. The maximum absolute atomic E-state index is 11.8. The number of rotatable bonds is 3. The Morgan fingerprint density at radius 2 is 2.28 bits per heavy atom. The number of benzene rings is 1. The third kappa shape index (κ3) is 2.56. The summed E-state index contributed by atoms with van der Waals surface area (Å²) in [6.07, 6.45) is 0. The van der Waals surface area contributed by atoms with Gasteiger partial charge in [0.2, 0.25) is 0 Å². The highest BCUT2D eigenvalue weighted by Crippen LogP contribution is 2.32. The van der Waals surface area contributed by atoms with E-state index in [4.69, 9.17) is 4.74 Å². The molecule has 0 bridgehead atoms. The average Bonchev–Trinajstić information content (AvgIpc) is 2.78. The van der Waals surface area contributed by atoms with Gasteiger partial charge in [0.1, 0.15) is 5.69 Å². The van der Waals surface area contributed by atoms with Crippen molar-refractivity contribution in [3.05, 3.63) is 31.9 Å². The van der Waals surface area contributed by atoms with Crippen LogP contribution in [0.1, 0.15) is 17.4 Å². The van der Waals surface area contributed by atoms with E-state index in [1.165, 1.54) is 0 Å². The third-order valence-corrected chi connectivity index (χ3v) is 3.78. The lowest BCUT2D eigenvalue weighted by Gasteiger charge is -2.05. The fourth-order valence-electron chi connectivity index (χ4n) is 1.47. The third-order valence-electron chi connectivity index (χ3n) is 2.22. The molecule has 5 nitrogen and oxygen atoms in total. The molecule has 0 fully saturated rings. The minimum absolute atomic E-state index is 0.196. The van der Waals surface area contributed by atoms with Crippen molar-refractivity contribution >= 4 is 44.5 Å². The van der Waals surface area contributed by atoms with Crippen molar-refractivity contribution in [1.29, 1.82) is 0 Å². The summed E-state index contributed by atoms with van der Waals surface area (Å²) in [5, 5.41) is 10.4. The van der Waals surface area contributed by atoms with Gasteiger partial charge in [-0.25, -0.2) is 4.79 Å². The molecular formula is C11H9BrIN3O2. The standard InChI is InChI=1S/C11H9BrIN3O2/c1-2-18-11(17)10-9(14-16-15-10)8-6(12)4-3-5-7(8)13/h3-5H,2H2,1H3,(H,14,15,16). The summed E-state index contributed by atoms with van der Waals surface area (Å²) in [6, 6.07) is 5.74. The number of ether oxygens (including phenoxy) is 1. The average molecular weight is 422 g/mol. The summed E-state index contributed by atoms with van der Waals surface area (Å²) in [5.74, 6) is -0.479. The number of hydrogen-bond acceptors (Lipinski definition) is 4. The maximum Gasteiger partial charge on any atom is 0.361 e. The monoisotopic (exact) mass is 421 g/mol. The highest BCUT2D eigenvalue weighted by molar-refractivity contribution is 14.1. The molecule has 0 saturated carbocycles. The van der Waals surface area contributed by atoms with E-state index in [0.717, 1.165) is 13.6 Å². The van der Waals surface area contributed by atoms with Gasteiger partial charge in [0.25, 0.3) is 0 Å². The van der Waals surface area contributed by atoms with Crippen molar-refractivity contribution in [1.82, 2.24) is 15.4 Å². The SMILES string of the molecule is CCOC(=O)c1n[nH]nc1-c1c(Br)cccc1I. The first-order valence-electron chi connectivity index (χ1n) is 5.17. The highest BCUT2D eigenvalue weighted by Gasteiger charge is 2.22. The Morgan fingerprint density at radius 3 is 2.94 bits per heavy atom. The lowest BCUT2D eigenvalue weighted by atomic mass is 10.1. The van der Waals surface area contributed by atoms with Crippen molar-refractivity contribution < 1.29 is 9.53 Å². The van der Waals surface area contributed by atoms with Gasteiger partial charge in [-0.1, -0.05) is 22.0 Å². The Hall–Kier alpha value is -0.960. The second-order valence-electron chi connectivity index (χ2n) is 3.34. The molecule has 1 N–H and O–H groups in total. The number of nitrogens with one attached hydrogen (secondary N) is 1. The van der Waals surface area contributed by atoms with Crippen LogP contribution < -0.4 is 0 Å². The highest BCUT2D eigenvalue weighted by atomic mass is 127. The lowest BCUT2D eigenvalue weighted by Crippen LogP contribution is -2.07. The zero-order valence-corrected chi connectivity index (χ0v) is 13.1. The van der Waals surface area contributed by atoms with Crippen molar-refractivity contribution in [2.75, 3.05) is 6.61 Å². The molecule has 1 aromatic heterocycles. The van der Waals surface area contributed by atoms with Crippen molar-refractivity contribution in [2.24, 2.45) is 0 Å². The molecule has 2 rings (SSSR count). The molecule has 0 unspecified atom stereocenters. The summed E-state index contributed by atoms with van der Waals surface area (Å²) in [6.45, 7) is 2.05. The quantitative estimate of drug-likeness (QED) is 0.611. The number of carbonyl (C=O) groups excluding carboxylic acids is 1. The van der Waals surface area contributed by atoms with Crippen LogP contribution in [0.3, 0.4) is 0 Å². The molecule has 0 atom stereocenters. The number of aromatic nitrogens is 3. The van der Waals surface area contributed by atoms with Gasteiger partial charge < -0.3 is 4.74 Å². The van der Waals surface area contributed by atoms with E-state index in [0.29, 0.717) is 12.3 Å². The molecule has 94 valence electrons. The summed E-state index contributed by atoms with van der Waals surface area (Å²) in [5.41, 5.74) is 1.52. The normalized spacial score (nSPS) is 10.4. The first kappa shape index (κ1) is 13.5. The minimum atomic E-state index is -0.479. The van der Waals surface area contributed by atoms with Crippen LogP contribution in [0.5, 0.6) is 0 Å². The number of carbonyl (C=O) groups is 1. The van der Waals surface area contributed by atoms with Crippen LogP contribution in [-0.2, 0) is 4.74 Å². The van der Waals surface area contributed by atoms with E-state index in [9.17, 15) is 4.79 Å². The maximum atomic E-state index is 11.8. The number of aromatic amines is 1. The summed E-state index contributed by atoms with van der Waals surface area (Å²) >= 11 is 5.64. The molecule has 0 aliphatic heterocycles. The van der Waals surface area contributed by atoms with E-state index >= 15 is 0 Å². The number of hydrogen-bond donors (Lipinski definition) is 1. The van der Waals surface area contributed by atoms with Gasteiger partial charge in [0, 0.05) is 13.6 Å². The van der Waals surface area contributed by atoms with Crippen molar-refractivity contribution in [3.8, 4) is 11.3 Å². The largest absolute Gasteiger partial charge is 0.461 e. The molecule has 7 heteroatoms. The molecule has 2 aromatic rings. The van der Waals surface area contributed by atoms with Gasteiger partial charge in [-0.3, -0.25) is 0 Å².